The summed E-state index contributed by atoms with van der Waals surface area (Å²) >= 11 is 6.09. The zero-order valence-corrected chi connectivity index (χ0v) is 12.3. The first-order chi connectivity index (χ1) is 9.26. The van der Waals surface area contributed by atoms with Gasteiger partial charge in [-0.3, -0.25) is 0 Å². The maximum atomic E-state index is 6.09. The number of imidazole rings is 1. The van der Waals surface area contributed by atoms with Gasteiger partial charge in [0, 0.05) is 20.1 Å². The highest BCUT2D eigenvalue weighted by molar-refractivity contribution is 6.16. The van der Waals surface area contributed by atoms with Gasteiger partial charge in [-0.2, -0.15) is 5.10 Å². The van der Waals surface area contributed by atoms with E-state index in [0.29, 0.717) is 5.88 Å². The summed E-state index contributed by atoms with van der Waals surface area (Å²) in [6.07, 6.45) is 4.69. The predicted octanol–water partition coefficient (Wildman–Crippen LogP) is 2.19. The Kier molecular flexibility index (Phi) is 3.39. The van der Waals surface area contributed by atoms with Gasteiger partial charge in [-0.05, 0) is 25.7 Å². The summed E-state index contributed by atoms with van der Waals surface area (Å²) in [6, 6.07) is 0. The molecular formula is C13H20ClN5. The normalized spacial score (nSPS) is 16.5. The number of fused-ring (bicyclic) bond motifs is 1. The van der Waals surface area contributed by atoms with Gasteiger partial charge in [-0.15, -0.1) is 11.6 Å². The molecule has 0 aromatic carbocycles. The van der Waals surface area contributed by atoms with Gasteiger partial charge in [0.2, 0.25) is 0 Å². The van der Waals surface area contributed by atoms with Crippen molar-refractivity contribution < 1.29 is 0 Å². The van der Waals surface area contributed by atoms with Crippen LogP contribution in [0.3, 0.4) is 0 Å². The van der Waals surface area contributed by atoms with Crippen LogP contribution in [0, 0.1) is 0 Å². The highest BCUT2D eigenvalue weighted by atomic mass is 35.5. The summed E-state index contributed by atoms with van der Waals surface area (Å²) in [6.45, 7) is 4.26. The van der Waals surface area contributed by atoms with Crippen molar-refractivity contribution in [3.63, 3.8) is 0 Å². The lowest BCUT2D eigenvalue weighted by atomic mass is 10.2. The van der Waals surface area contributed by atoms with E-state index in [9.17, 15) is 0 Å². The van der Waals surface area contributed by atoms with Crippen LogP contribution in [0.1, 0.15) is 37.7 Å². The first-order valence-electron chi connectivity index (χ1n) is 7.00. The second kappa shape index (κ2) is 5.04. The fourth-order valence-corrected chi connectivity index (χ4v) is 3.08. The SMILES string of the molecule is CCc1nn(C)c2c1nc(CCl)n2N1CCCCC1. The Hall–Kier alpha value is -1.23. The second-order valence-corrected chi connectivity index (χ2v) is 5.35. The number of halogens is 1. The summed E-state index contributed by atoms with van der Waals surface area (Å²) in [5.41, 5.74) is 3.14. The van der Waals surface area contributed by atoms with Crippen molar-refractivity contribution in [3.8, 4) is 0 Å². The van der Waals surface area contributed by atoms with Crippen LogP contribution >= 0.6 is 11.6 Å². The predicted molar refractivity (Wildman–Crippen MR) is 77.2 cm³/mol. The van der Waals surface area contributed by atoms with Crippen LogP contribution < -0.4 is 5.01 Å². The van der Waals surface area contributed by atoms with Gasteiger partial charge in [-0.1, -0.05) is 6.92 Å². The first kappa shape index (κ1) is 12.8. The summed E-state index contributed by atoms with van der Waals surface area (Å²) in [7, 11) is 1.99. The molecule has 2 aromatic rings. The molecule has 104 valence electrons. The molecule has 2 aromatic heterocycles. The van der Waals surface area contributed by atoms with E-state index in [1.807, 2.05) is 11.7 Å². The number of rotatable bonds is 3. The standard InChI is InChI=1S/C13H20ClN5/c1-3-10-12-13(17(2)16-10)19(11(9-14)15-12)18-7-5-4-6-8-18/h3-9H2,1-2H3. The zero-order chi connectivity index (χ0) is 13.4. The molecule has 0 N–H and O–H groups in total. The molecule has 5 nitrogen and oxygen atoms in total. The van der Waals surface area contributed by atoms with E-state index in [0.717, 1.165) is 42.2 Å². The molecular weight excluding hydrogens is 262 g/mol. The molecule has 0 spiro atoms. The Morgan fingerprint density at radius 1 is 1.21 bits per heavy atom. The molecule has 0 bridgehead atoms. The van der Waals surface area contributed by atoms with E-state index in [1.165, 1.54) is 19.3 Å². The minimum Gasteiger partial charge on any atom is -0.310 e. The van der Waals surface area contributed by atoms with E-state index >= 15 is 0 Å². The molecule has 0 saturated carbocycles. The molecule has 0 radical (unpaired) electrons. The summed E-state index contributed by atoms with van der Waals surface area (Å²) in [5.74, 6) is 1.37. The summed E-state index contributed by atoms with van der Waals surface area (Å²) in [4.78, 5) is 4.70. The van der Waals surface area contributed by atoms with Crippen molar-refractivity contribution in [2.24, 2.45) is 7.05 Å². The van der Waals surface area contributed by atoms with Gasteiger partial charge in [0.15, 0.2) is 5.65 Å². The number of hydrogen-bond acceptors (Lipinski definition) is 3. The Morgan fingerprint density at radius 2 is 1.95 bits per heavy atom. The lowest BCUT2D eigenvalue weighted by Crippen LogP contribution is -2.40. The lowest BCUT2D eigenvalue weighted by molar-refractivity contribution is 0.473. The van der Waals surface area contributed by atoms with Crippen LogP contribution in [0.2, 0.25) is 0 Å². The van der Waals surface area contributed by atoms with Crippen molar-refractivity contribution in [2.45, 2.75) is 38.5 Å². The third-order valence-corrected chi connectivity index (χ3v) is 4.06. The Labute approximate surface area is 118 Å². The van der Waals surface area contributed by atoms with Crippen LogP contribution in [0.15, 0.2) is 0 Å². The van der Waals surface area contributed by atoms with E-state index in [1.54, 1.807) is 0 Å². The molecule has 1 fully saturated rings. The van der Waals surface area contributed by atoms with Crippen molar-refractivity contribution in [3.05, 3.63) is 11.5 Å². The molecule has 6 heteroatoms. The molecule has 3 heterocycles. The fourth-order valence-electron chi connectivity index (χ4n) is 2.91. The number of alkyl halides is 1. The summed E-state index contributed by atoms with van der Waals surface area (Å²) < 4.78 is 4.12. The third kappa shape index (κ3) is 2.00. The van der Waals surface area contributed by atoms with Crippen molar-refractivity contribution in [1.29, 1.82) is 0 Å². The minimum absolute atomic E-state index is 0.439. The zero-order valence-electron chi connectivity index (χ0n) is 11.6. The summed E-state index contributed by atoms with van der Waals surface area (Å²) in [5, 5.41) is 6.92. The highest BCUT2D eigenvalue weighted by Crippen LogP contribution is 2.23. The van der Waals surface area contributed by atoms with Crippen LogP contribution in [-0.4, -0.2) is 32.5 Å². The number of piperidine rings is 1. The molecule has 19 heavy (non-hydrogen) atoms. The van der Waals surface area contributed by atoms with E-state index in [4.69, 9.17) is 16.6 Å². The Bertz CT molecular complexity index is 579. The lowest BCUT2D eigenvalue weighted by Gasteiger charge is -2.30. The van der Waals surface area contributed by atoms with Gasteiger partial charge < -0.3 is 5.01 Å². The average Bonchev–Trinajstić information content (AvgIpc) is 2.97. The fraction of sp³-hybridized carbons (Fsp3) is 0.692. The number of hydrogen-bond donors (Lipinski definition) is 0. The molecule has 1 aliphatic heterocycles. The molecule has 0 aliphatic carbocycles. The molecule has 3 rings (SSSR count). The maximum absolute atomic E-state index is 6.09. The van der Waals surface area contributed by atoms with Crippen LogP contribution in [0.4, 0.5) is 0 Å². The van der Waals surface area contributed by atoms with Crippen LogP contribution in [-0.2, 0) is 19.3 Å². The monoisotopic (exact) mass is 281 g/mol. The highest BCUT2D eigenvalue weighted by Gasteiger charge is 2.22. The molecule has 1 saturated heterocycles. The van der Waals surface area contributed by atoms with E-state index < -0.39 is 0 Å². The van der Waals surface area contributed by atoms with Crippen molar-refractivity contribution in [1.82, 2.24) is 19.4 Å². The smallest absolute Gasteiger partial charge is 0.177 e. The van der Waals surface area contributed by atoms with Crippen molar-refractivity contribution >= 4 is 22.8 Å². The van der Waals surface area contributed by atoms with Gasteiger partial charge in [0.25, 0.3) is 0 Å². The van der Waals surface area contributed by atoms with Gasteiger partial charge >= 0.3 is 0 Å². The number of aromatic nitrogens is 4. The van der Waals surface area contributed by atoms with Gasteiger partial charge in [-0.25, -0.2) is 14.3 Å². The largest absolute Gasteiger partial charge is 0.310 e. The van der Waals surface area contributed by atoms with Gasteiger partial charge in [0.05, 0.1) is 11.6 Å². The van der Waals surface area contributed by atoms with Crippen LogP contribution in [0.25, 0.3) is 11.2 Å². The third-order valence-electron chi connectivity index (χ3n) is 3.82. The molecule has 0 amide bonds. The molecule has 0 unspecified atom stereocenters. The average molecular weight is 282 g/mol. The first-order valence-corrected chi connectivity index (χ1v) is 7.54. The van der Waals surface area contributed by atoms with Crippen molar-refractivity contribution in [2.75, 3.05) is 18.1 Å². The number of aryl methyl sites for hydroxylation is 2. The Balaban J connectivity index is 2.17. The van der Waals surface area contributed by atoms with E-state index in [-0.39, 0.29) is 0 Å². The van der Waals surface area contributed by atoms with E-state index in [2.05, 4.69) is 21.7 Å². The molecule has 0 atom stereocenters. The van der Waals surface area contributed by atoms with Gasteiger partial charge in [0.1, 0.15) is 11.3 Å². The molecule has 1 aliphatic rings. The quantitative estimate of drug-likeness (QED) is 0.810. The number of nitrogens with zero attached hydrogens (tertiary/aromatic N) is 5. The van der Waals surface area contributed by atoms with Crippen LogP contribution in [0.5, 0.6) is 0 Å². The topological polar surface area (TPSA) is 38.9 Å². The maximum Gasteiger partial charge on any atom is 0.177 e. The minimum atomic E-state index is 0.439. The second-order valence-electron chi connectivity index (χ2n) is 5.08. The Morgan fingerprint density at radius 3 is 2.58 bits per heavy atom.